The molecule has 0 radical (unpaired) electrons. The molecular formula is C8H16N2O. The maximum Gasteiger partial charge on any atom is 0.146 e. The fourth-order valence-corrected chi connectivity index (χ4v) is 0.790. The summed E-state index contributed by atoms with van der Waals surface area (Å²) in [5, 5.41) is 7.12. The molecule has 11 heavy (non-hydrogen) atoms. The van der Waals surface area contributed by atoms with Crippen LogP contribution in [0.25, 0.3) is 0 Å². The van der Waals surface area contributed by atoms with Gasteiger partial charge in [0, 0.05) is 5.71 Å². The molecule has 0 saturated carbocycles. The van der Waals surface area contributed by atoms with Gasteiger partial charge in [0.15, 0.2) is 0 Å². The molecular weight excluding hydrogens is 140 g/mol. The highest BCUT2D eigenvalue weighted by atomic mass is 16.1. The van der Waals surface area contributed by atoms with E-state index in [0.29, 0.717) is 12.1 Å². The van der Waals surface area contributed by atoms with E-state index in [0.717, 1.165) is 12.8 Å². The van der Waals surface area contributed by atoms with Gasteiger partial charge in [0.25, 0.3) is 0 Å². The van der Waals surface area contributed by atoms with E-state index in [1.165, 1.54) is 6.92 Å². The molecule has 0 aromatic heterocycles. The molecule has 0 amide bonds. The maximum absolute atomic E-state index is 10.6. The molecule has 3 nitrogen and oxygen atoms in total. The fraction of sp³-hybridized carbons (Fsp3) is 0.750. The first-order valence-electron chi connectivity index (χ1n) is 3.84. The molecule has 0 rings (SSSR count). The summed E-state index contributed by atoms with van der Waals surface area (Å²) in [5.41, 5.74) is 6.14. The molecule has 0 saturated heterocycles. The van der Waals surface area contributed by atoms with Crippen LogP contribution in [0.3, 0.4) is 0 Å². The minimum atomic E-state index is -0.325. The van der Waals surface area contributed by atoms with Gasteiger partial charge in [-0.25, -0.2) is 0 Å². The average Bonchev–Trinajstić information content (AvgIpc) is 1.86. The van der Waals surface area contributed by atoms with Crippen LogP contribution < -0.4 is 5.73 Å². The smallest absolute Gasteiger partial charge is 0.146 e. The third-order valence-corrected chi connectivity index (χ3v) is 1.59. The lowest BCUT2D eigenvalue weighted by atomic mass is 10.1. The first kappa shape index (κ1) is 10.3. The van der Waals surface area contributed by atoms with Gasteiger partial charge in [-0.15, -0.1) is 0 Å². The summed E-state index contributed by atoms with van der Waals surface area (Å²) in [7, 11) is 0. The van der Waals surface area contributed by atoms with Crippen molar-refractivity contribution in [3.05, 3.63) is 0 Å². The first-order valence-corrected chi connectivity index (χ1v) is 3.84. The van der Waals surface area contributed by atoms with Gasteiger partial charge in [0.2, 0.25) is 0 Å². The van der Waals surface area contributed by atoms with Crippen molar-refractivity contribution < 1.29 is 4.79 Å². The number of rotatable bonds is 5. The van der Waals surface area contributed by atoms with Gasteiger partial charge < -0.3 is 11.1 Å². The molecule has 0 bridgehead atoms. The number of ketones is 1. The largest absolute Gasteiger partial charge is 0.322 e. The van der Waals surface area contributed by atoms with Crippen LogP contribution >= 0.6 is 0 Å². The van der Waals surface area contributed by atoms with Gasteiger partial charge in [-0.3, -0.25) is 4.79 Å². The average molecular weight is 156 g/mol. The second kappa shape index (κ2) is 5.02. The number of hydrogen-bond donors (Lipinski definition) is 2. The van der Waals surface area contributed by atoms with Crippen LogP contribution in [0.2, 0.25) is 0 Å². The van der Waals surface area contributed by atoms with Crippen molar-refractivity contribution in [3.8, 4) is 0 Å². The maximum atomic E-state index is 10.6. The highest BCUT2D eigenvalue weighted by Gasteiger charge is 2.06. The van der Waals surface area contributed by atoms with Gasteiger partial charge in [-0.1, -0.05) is 0 Å². The predicted molar refractivity (Wildman–Crippen MR) is 45.9 cm³/mol. The van der Waals surface area contributed by atoms with Crippen molar-refractivity contribution in [2.75, 3.05) is 0 Å². The Bertz CT molecular complexity index is 154. The molecule has 0 fully saturated rings. The molecule has 0 aliphatic heterocycles. The van der Waals surface area contributed by atoms with Crippen LogP contribution in [0.5, 0.6) is 0 Å². The Hall–Kier alpha value is -0.700. The Morgan fingerprint density at radius 3 is 2.45 bits per heavy atom. The molecule has 0 aromatic carbocycles. The molecule has 0 spiro atoms. The number of carbonyl (C=O) groups is 1. The lowest BCUT2D eigenvalue weighted by Gasteiger charge is -2.05. The third kappa shape index (κ3) is 5.73. The van der Waals surface area contributed by atoms with Gasteiger partial charge in [-0.05, 0) is 33.1 Å². The Balaban J connectivity index is 3.39. The molecule has 3 N–H and O–H groups in total. The number of Topliss-reactive ketones (excluding diaryl/α,β-unsaturated/α-hetero) is 1. The van der Waals surface area contributed by atoms with Crippen molar-refractivity contribution in [2.24, 2.45) is 5.73 Å². The van der Waals surface area contributed by atoms with Crippen LogP contribution in [-0.2, 0) is 4.79 Å². The van der Waals surface area contributed by atoms with Crippen molar-refractivity contribution in [3.63, 3.8) is 0 Å². The normalized spacial score (nSPS) is 12.6. The number of nitrogens with two attached hydrogens (primary N) is 1. The van der Waals surface area contributed by atoms with E-state index in [1.54, 1.807) is 6.92 Å². The molecule has 0 heterocycles. The van der Waals surface area contributed by atoms with Crippen LogP contribution in [-0.4, -0.2) is 17.5 Å². The number of nitrogens with one attached hydrogen (secondary N) is 1. The van der Waals surface area contributed by atoms with E-state index in [2.05, 4.69) is 0 Å². The minimum absolute atomic E-state index is 0.0348. The van der Waals surface area contributed by atoms with Crippen molar-refractivity contribution in [1.29, 1.82) is 5.41 Å². The van der Waals surface area contributed by atoms with Crippen LogP contribution in [0, 0.1) is 5.41 Å². The zero-order chi connectivity index (χ0) is 8.85. The Kier molecular flexibility index (Phi) is 4.70. The van der Waals surface area contributed by atoms with Gasteiger partial charge in [-0.2, -0.15) is 0 Å². The molecule has 0 aliphatic rings. The fourth-order valence-electron chi connectivity index (χ4n) is 0.790. The monoisotopic (exact) mass is 156 g/mol. The summed E-state index contributed by atoms with van der Waals surface area (Å²) in [6, 6.07) is -0.325. The first-order chi connectivity index (χ1) is 5.04. The van der Waals surface area contributed by atoms with E-state index < -0.39 is 0 Å². The van der Waals surface area contributed by atoms with Gasteiger partial charge in [0.05, 0.1) is 6.04 Å². The van der Waals surface area contributed by atoms with Crippen LogP contribution in [0.4, 0.5) is 0 Å². The van der Waals surface area contributed by atoms with E-state index >= 15 is 0 Å². The third-order valence-electron chi connectivity index (χ3n) is 1.59. The minimum Gasteiger partial charge on any atom is -0.322 e. The van der Waals surface area contributed by atoms with E-state index in [4.69, 9.17) is 11.1 Å². The zero-order valence-electron chi connectivity index (χ0n) is 7.18. The van der Waals surface area contributed by atoms with Crippen molar-refractivity contribution in [1.82, 2.24) is 0 Å². The molecule has 1 atom stereocenters. The summed E-state index contributed by atoms with van der Waals surface area (Å²) >= 11 is 0. The highest BCUT2D eigenvalue weighted by molar-refractivity contribution is 5.81. The molecule has 0 aliphatic carbocycles. The van der Waals surface area contributed by atoms with Crippen molar-refractivity contribution in [2.45, 2.75) is 39.2 Å². The van der Waals surface area contributed by atoms with E-state index in [9.17, 15) is 4.79 Å². The Labute approximate surface area is 67.5 Å². The second-order valence-corrected chi connectivity index (χ2v) is 2.89. The lowest BCUT2D eigenvalue weighted by molar-refractivity contribution is -0.118. The van der Waals surface area contributed by atoms with Gasteiger partial charge >= 0.3 is 0 Å². The number of carbonyl (C=O) groups excluding carboxylic acids is 1. The summed E-state index contributed by atoms with van der Waals surface area (Å²) in [6.07, 6.45) is 2.29. The summed E-state index contributed by atoms with van der Waals surface area (Å²) in [4.78, 5) is 10.6. The highest BCUT2D eigenvalue weighted by Crippen LogP contribution is 2.00. The summed E-state index contributed by atoms with van der Waals surface area (Å²) < 4.78 is 0. The summed E-state index contributed by atoms with van der Waals surface area (Å²) in [5.74, 6) is 0.0348. The topological polar surface area (TPSA) is 66.9 Å². The quantitative estimate of drug-likeness (QED) is 0.585. The predicted octanol–water partition coefficient (Wildman–Crippen LogP) is 1.11. The SMILES string of the molecule is CC(=N)CCCC(N)C(C)=O. The van der Waals surface area contributed by atoms with Gasteiger partial charge in [0.1, 0.15) is 5.78 Å². The second-order valence-electron chi connectivity index (χ2n) is 2.89. The molecule has 3 heteroatoms. The Morgan fingerprint density at radius 2 is 2.09 bits per heavy atom. The molecule has 1 unspecified atom stereocenters. The van der Waals surface area contributed by atoms with Crippen LogP contribution in [0.1, 0.15) is 33.1 Å². The standard InChI is InChI=1S/C8H16N2O/c1-6(9)4-3-5-8(10)7(2)11/h8-9H,3-5,10H2,1-2H3. The van der Waals surface area contributed by atoms with Crippen molar-refractivity contribution >= 4 is 11.5 Å². The zero-order valence-corrected chi connectivity index (χ0v) is 7.18. The molecule has 0 aromatic rings. The lowest BCUT2D eigenvalue weighted by Crippen LogP contribution is -2.27. The van der Waals surface area contributed by atoms with E-state index in [-0.39, 0.29) is 11.8 Å². The van der Waals surface area contributed by atoms with E-state index in [1.807, 2.05) is 0 Å². The Morgan fingerprint density at radius 1 is 1.55 bits per heavy atom. The molecule has 64 valence electrons. The number of hydrogen-bond acceptors (Lipinski definition) is 3. The van der Waals surface area contributed by atoms with Crippen LogP contribution in [0.15, 0.2) is 0 Å². The summed E-state index contributed by atoms with van der Waals surface area (Å²) in [6.45, 7) is 3.27.